The first-order valence-electron chi connectivity index (χ1n) is 10.1. The largest absolute Gasteiger partial charge is 0.366 e. The van der Waals surface area contributed by atoms with Crippen LogP contribution in [0.15, 0.2) is 36.8 Å². The molecule has 0 aromatic carbocycles. The first-order valence-corrected chi connectivity index (χ1v) is 10.5. The van der Waals surface area contributed by atoms with Gasteiger partial charge in [-0.25, -0.2) is 14.4 Å². The molecule has 1 saturated heterocycles. The van der Waals surface area contributed by atoms with E-state index in [1.54, 1.807) is 18.5 Å². The van der Waals surface area contributed by atoms with Crippen molar-refractivity contribution in [3.8, 4) is 5.69 Å². The van der Waals surface area contributed by atoms with Crippen molar-refractivity contribution < 1.29 is 9.18 Å². The fourth-order valence-corrected chi connectivity index (χ4v) is 4.05. The lowest BCUT2D eigenvalue weighted by molar-refractivity contribution is 0.0533. The van der Waals surface area contributed by atoms with E-state index in [1.807, 2.05) is 17.9 Å². The number of amides is 1. The summed E-state index contributed by atoms with van der Waals surface area (Å²) in [6, 6.07) is 4.68. The van der Waals surface area contributed by atoms with E-state index in [9.17, 15) is 9.18 Å². The molecule has 4 rings (SSSR count). The maximum Gasteiger partial charge on any atom is 0.275 e. The van der Waals surface area contributed by atoms with Crippen molar-refractivity contribution in [2.75, 3.05) is 18.4 Å². The van der Waals surface area contributed by atoms with Gasteiger partial charge in [0.1, 0.15) is 5.69 Å². The van der Waals surface area contributed by atoms with E-state index in [4.69, 9.17) is 11.6 Å². The quantitative estimate of drug-likeness (QED) is 0.649. The van der Waals surface area contributed by atoms with Crippen LogP contribution in [0.4, 0.5) is 10.2 Å². The Labute approximate surface area is 184 Å². The third-order valence-corrected chi connectivity index (χ3v) is 5.72. The van der Waals surface area contributed by atoms with Gasteiger partial charge in [-0.05, 0) is 43.9 Å². The molecule has 1 aliphatic rings. The number of pyridine rings is 2. The summed E-state index contributed by atoms with van der Waals surface area (Å²) in [7, 11) is 0. The van der Waals surface area contributed by atoms with Gasteiger partial charge in [0.15, 0.2) is 17.3 Å². The molecule has 0 spiro atoms. The van der Waals surface area contributed by atoms with Gasteiger partial charge in [0, 0.05) is 25.0 Å². The van der Waals surface area contributed by atoms with Crippen molar-refractivity contribution in [3.63, 3.8) is 0 Å². The van der Waals surface area contributed by atoms with E-state index in [0.717, 1.165) is 18.5 Å². The highest BCUT2D eigenvalue weighted by atomic mass is 35.5. The van der Waals surface area contributed by atoms with Gasteiger partial charge in [-0.3, -0.25) is 4.79 Å². The van der Waals surface area contributed by atoms with E-state index >= 15 is 0 Å². The van der Waals surface area contributed by atoms with E-state index in [0.29, 0.717) is 24.5 Å². The Hall–Kier alpha value is -3.07. The van der Waals surface area contributed by atoms with Gasteiger partial charge < -0.3 is 10.2 Å². The summed E-state index contributed by atoms with van der Waals surface area (Å²) >= 11 is 5.79. The topological polar surface area (TPSA) is 88.8 Å². The number of carbonyl (C=O) groups is 1. The number of nitrogens with zero attached hydrogens (tertiary/aromatic N) is 6. The molecule has 1 N–H and O–H groups in total. The predicted octanol–water partition coefficient (Wildman–Crippen LogP) is 3.51. The van der Waals surface area contributed by atoms with Crippen LogP contribution in [-0.2, 0) is 0 Å². The molecule has 2 atom stereocenters. The number of likely N-dealkylation sites (tertiary alicyclic amines) is 1. The van der Waals surface area contributed by atoms with E-state index in [2.05, 4.69) is 32.4 Å². The van der Waals surface area contributed by atoms with Gasteiger partial charge in [0.2, 0.25) is 0 Å². The zero-order valence-corrected chi connectivity index (χ0v) is 18.1. The van der Waals surface area contributed by atoms with Crippen LogP contribution >= 0.6 is 11.6 Å². The fraction of sp³-hybridized carbons (Fsp3) is 0.381. The minimum absolute atomic E-state index is 0.115. The Kier molecular flexibility index (Phi) is 6.13. The molecule has 0 radical (unpaired) electrons. The normalized spacial score (nSPS) is 18.8. The molecule has 31 heavy (non-hydrogen) atoms. The van der Waals surface area contributed by atoms with Crippen LogP contribution in [0, 0.1) is 18.7 Å². The SMILES string of the molecule is Cc1ccc(-n2nccn2)c(C(=O)N2CCC[C@@H](C)C2CNc2ncc(Cl)cc2F)n1. The van der Waals surface area contributed by atoms with Crippen LogP contribution in [0.1, 0.15) is 35.9 Å². The number of carbonyl (C=O) groups excluding carboxylic acids is 1. The van der Waals surface area contributed by atoms with E-state index in [1.165, 1.54) is 17.1 Å². The maximum atomic E-state index is 14.2. The van der Waals surface area contributed by atoms with Crippen molar-refractivity contribution in [1.82, 2.24) is 29.9 Å². The Morgan fingerprint density at radius 2 is 2.10 bits per heavy atom. The van der Waals surface area contributed by atoms with Gasteiger partial charge in [-0.15, -0.1) is 4.80 Å². The second kappa shape index (κ2) is 8.97. The number of rotatable bonds is 5. The molecule has 3 aromatic heterocycles. The highest BCUT2D eigenvalue weighted by Gasteiger charge is 2.34. The van der Waals surface area contributed by atoms with Gasteiger partial charge in [-0.1, -0.05) is 18.5 Å². The molecule has 1 fully saturated rings. The highest BCUT2D eigenvalue weighted by molar-refractivity contribution is 6.30. The van der Waals surface area contributed by atoms with Gasteiger partial charge in [-0.2, -0.15) is 10.2 Å². The van der Waals surface area contributed by atoms with Crippen LogP contribution in [0.25, 0.3) is 5.69 Å². The molecular formula is C21H23ClFN7O. The number of halogens is 2. The van der Waals surface area contributed by atoms with E-state index in [-0.39, 0.29) is 28.7 Å². The molecule has 1 amide bonds. The van der Waals surface area contributed by atoms with Crippen LogP contribution in [0.2, 0.25) is 5.02 Å². The second-order valence-corrected chi connectivity index (χ2v) is 8.13. The Morgan fingerprint density at radius 3 is 2.84 bits per heavy atom. The fourth-order valence-electron chi connectivity index (χ4n) is 3.90. The lowest BCUT2D eigenvalue weighted by Crippen LogP contribution is -2.51. The Morgan fingerprint density at radius 1 is 1.32 bits per heavy atom. The molecule has 8 nitrogen and oxygen atoms in total. The molecule has 0 saturated carbocycles. The van der Waals surface area contributed by atoms with Crippen molar-refractivity contribution >= 4 is 23.3 Å². The first kappa shape index (κ1) is 21.2. The third-order valence-electron chi connectivity index (χ3n) is 5.51. The van der Waals surface area contributed by atoms with Crippen LogP contribution < -0.4 is 5.32 Å². The monoisotopic (exact) mass is 443 g/mol. The predicted molar refractivity (Wildman–Crippen MR) is 115 cm³/mol. The van der Waals surface area contributed by atoms with Gasteiger partial charge in [0.05, 0.1) is 23.5 Å². The summed E-state index contributed by atoms with van der Waals surface area (Å²) < 4.78 is 14.2. The number of aromatic nitrogens is 5. The number of piperidine rings is 1. The number of hydrogen-bond donors (Lipinski definition) is 1. The molecule has 0 aliphatic carbocycles. The van der Waals surface area contributed by atoms with Crippen molar-refractivity contribution in [2.24, 2.45) is 5.92 Å². The average molecular weight is 444 g/mol. The zero-order chi connectivity index (χ0) is 22.0. The van der Waals surface area contributed by atoms with Gasteiger partial charge in [0.25, 0.3) is 5.91 Å². The zero-order valence-electron chi connectivity index (χ0n) is 17.3. The summed E-state index contributed by atoms with van der Waals surface area (Å²) in [4.78, 5) is 25.3. The van der Waals surface area contributed by atoms with E-state index < -0.39 is 5.82 Å². The summed E-state index contributed by atoms with van der Waals surface area (Å²) in [5.74, 6) is -0.388. The molecule has 162 valence electrons. The summed E-state index contributed by atoms with van der Waals surface area (Å²) in [6.45, 7) is 4.88. The average Bonchev–Trinajstić information content (AvgIpc) is 3.28. The second-order valence-electron chi connectivity index (χ2n) is 7.69. The van der Waals surface area contributed by atoms with Crippen LogP contribution in [-0.4, -0.2) is 54.9 Å². The molecule has 4 heterocycles. The Bertz CT molecular complexity index is 1080. The molecule has 3 aromatic rings. The summed E-state index contributed by atoms with van der Waals surface area (Å²) in [6.07, 6.45) is 6.36. The van der Waals surface area contributed by atoms with Crippen LogP contribution in [0.3, 0.4) is 0 Å². The number of anilines is 1. The van der Waals surface area contributed by atoms with Crippen molar-refractivity contribution in [2.45, 2.75) is 32.7 Å². The number of hydrogen-bond acceptors (Lipinski definition) is 6. The maximum absolute atomic E-state index is 14.2. The number of nitrogens with one attached hydrogen (secondary N) is 1. The summed E-state index contributed by atoms with van der Waals surface area (Å²) in [5.41, 5.74) is 1.55. The lowest BCUT2D eigenvalue weighted by Gasteiger charge is -2.40. The van der Waals surface area contributed by atoms with Crippen molar-refractivity contribution in [3.05, 3.63) is 59.0 Å². The van der Waals surface area contributed by atoms with Gasteiger partial charge >= 0.3 is 0 Å². The van der Waals surface area contributed by atoms with Crippen molar-refractivity contribution in [1.29, 1.82) is 0 Å². The molecular weight excluding hydrogens is 421 g/mol. The standard InChI is InChI=1S/C21H23ClFN7O/c1-13-4-3-9-29(18(13)12-25-20-16(23)10-15(22)11-24-20)21(31)19-17(6-5-14(2)28-19)30-26-7-8-27-30/h5-8,10-11,13,18H,3-4,9,12H2,1-2H3,(H,24,25)/t13-,18?/m1/s1. The highest BCUT2D eigenvalue weighted by Crippen LogP contribution is 2.27. The molecule has 1 unspecified atom stereocenters. The summed E-state index contributed by atoms with van der Waals surface area (Å²) in [5, 5.41) is 11.6. The minimum Gasteiger partial charge on any atom is -0.366 e. The number of aryl methyl sites for hydroxylation is 1. The smallest absolute Gasteiger partial charge is 0.275 e. The Balaban J connectivity index is 1.61. The molecule has 1 aliphatic heterocycles. The third kappa shape index (κ3) is 4.51. The lowest BCUT2D eigenvalue weighted by atomic mass is 9.90. The first-order chi connectivity index (χ1) is 14.9. The minimum atomic E-state index is -0.527. The van der Waals surface area contributed by atoms with Crippen LogP contribution in [0.5, 0.6) is 0 Å². The molecule has 10 heteroatoms. The molecule has 0 bridgehead atoms.